The molecule has 0 bridgehead atoms. The molecule has 2 aliphatic heterocycles. The molecule has 1 amide bonds. The summed E-state index contributed by atoms with van der Waals surface area (Å²) in [6.45, 7) is 0.542. The summed E-state index contributed by atoms with van der Waals surface area (Å²) in [5.74, 6) is -0.458. The number of hydrogen-bond acceptors (Lipinski definition) is 5. The van der Waals surface area contributed by atoms with E-state index in [9.17, 15) is 4.79 Å². The van der Waals surface area contributed by atoms with Gasteiger partial charge in [-0.3, -0.25) is 4.79 Å². The zero-order valence-corrected chi connectivity index (χ0v) is 17.0. The molecule has 148 valence electrons. The van der Waals surface area contributed by atoms with Crippen LogP contribution in [0, 0.1) is 5.82 Å². The van der Waals surface area contributed by atoms with E-state index in [2.05, 4.69) is 4.98 Å². The molecule has 0 aliphatic carbocycles. The van der Waals surface area contributed by atoms with E-state index in [4.69, 9.17) is 21.1 Å². The predicted molar refractivity (Wildman–Crippen MR) is 108 cm³/mol. The molecule has 5 nitrogen and oxygen atoms in total. The highest BCUT2D eigenvalue weighted by atomic mass is 35.5. The predicted octanol–water partition coefficient (Wildman–Crippen LogP) is 4.31. The number of aromatic nitrogens is 1. The van der Waals surface area contributed by atoms with Crippen LogP contribution in [0.3, 0.4) is 0 Å². The first kappa shape index (κ1) is 18.5. The van der Waals surface area contributed by atoms with Crippen molar-refractivity contribution in [3.05, 3.63) is 74.3 Å². The third-order valence-corrected chi connectivity index (χ3v) is 6.53. The van der Waals surface area contributed by atoms with Crippen molar-refractivity contribution in [1.29, 1.82) is 0 Å². The van der Waals surface area contributed by atoms with Crippen molar-refractivity contribution in [2.24, 2.45) is 0 Å². The van der Waals surface area contributed by atoms with Crippen molar-refractivity contribution in [2.75, 3.05) is 18.6 Å². The van der Waals surface area contributed by atoms with E-state index >= 15 is 4.39 Å². The zero-order chi connectivity index (χ0) is 20.2. The fourth-order valence-electron chi connectivity index (χ4n) is 4.10. The number of thiophene rings is 1. The molecule has 2 aliphatic rings. The quantitative estimate of drug-likeness (QED) is 0.619. The third kappa shape index (κ3) is 2.68. The van der Waals surface area contributed by atoms with E-state index in [0.29, 0.717) is 34.5 Å². The molecule has 0 radical (unpaired) electrons. The molecule has 3 aromatic rings. The van der Waals surface area contributed by atoms with Crippen molar-refractivity contribution < 1.29 is 18.7 Å². The molecule has 0 fully saturated rings. The lowest BCUT2D eigenvalue weighted by molar-refractivity contribution is -0.140. The Hall–Kier alpha value is -2.48. The smallest absolute Gasteiger partial charge is 0.270 e. The van der Waals surface area contributed by atoms with Crippen LogP contribution in [0.4, 0.5) is 10.1 Å². The van der Waals surface area contributed by atoms with Gasteiger partial charge in [-0.15, -0.1) is 11.3 Å². The van der Waals surface area contributed by atoms with Crippen LogP contribution in [0.2, 0.25) is 4.34 Å². The van der Waals surface area contributed by atoms with Crippen LogP contribution < -0.4 is 9.64 Å². The standard InChI is InChI=1S/C21H16ClFN2O3S/c1-27-17-4-2-3-15(24-17)21-18-12(9-10-28-21)5-7-14(23)19(18)25(20(21)26)11-13-6-8-16(22)29-13/h2-8H,9-11H2,1H3. The number of pyridine rings is 1. The molecule has 2 aromatic heterocycles. The number of methoxy groups -OCH3 is 1. The van der Waals surface area contributed by atoms with Crippen LogP contribution in [0.1, 0.15) is 21.7 Å². The average Bonchev–Trinajstić information content (AvgIpc) is 3.26. The summed E-state index contributed by atoms with van der Waals surface area (Å²) in [5, 5.41) is 0. The minimum absolute atomic E-state index is 0.207. The first-order valence-electron chi connectivity index (χ1n) is 9.08. The lowest BCUT2D eigenvalue weighted by Crippen LogP contribution is -2.46. The Morgan fingerprint density at radius 3 is 2.93 bits per heavy atom. The Morgan fingerprint density at radius 1 is 1.31 bits per heavy atom. The summed E-state index contributed by atoms with van der Waals surface area (Å²) in [5.41, 5.74) is 0.581. The summed E-state index contributed by atoms with van der Waals surface area (Å²) in [6.07, 6.45) is 0.598. The van der Waals surface area contributed by atoms with Crippen LogP contribution >= 0.6 is 22.9 Å². The summed E-state index contributed by atoms with van der Waals surface area (Å²) >= 11 is 7.41. The lowest BCUT2D eigenvalue weighted by Gasteiger charge is -2.33. The van der Waals surface area contributed by atoms with Crippen molar-refractivity contribution in [2.45, 2.75) is 18.6 Å². The van der Waals surface area contributed by atoms with Gasteiger partial charge in [0.2, 0.25) is 11.5 Å². The second-order valence-electron chi connectivity index (χ2n) is 6.87. The van der Waals surface area contributed by atoms with Gasteiger partial charge in [-0.1, -0.05) is 23.7 Å². The fraction of sp³-hybridized carbons (Fsp3) is 0.238. The molecular formula is C21H16ClFN2O3S. The maximum atomic E-state index is 15.0. The molecule has 0 spiro atoms. The number of rotatable bonds is 4. The van der Waals surface area contributed by atoms with Gasteiger partial charge in [-0.05, 0) is 36.2 Å². The number of carbonyl (C=O) groups excluding carboxylic acids is 1. The highest BCUT2D eigenvalue weighted by molar-refractivity contribution is 7.16. The molecule has 1 atom stereocenters. The first-order valence-corrected chi connectivity index (χ1v) is 10.3. The van der Waals surface area contributed by atoms with E-state index in [1.807, 2.05) is 6.07 Å². The molecule has 0 saturated carbocycles. The van der Waals surface area contributed by atoms with Crippen molar-refractivity contribution in [3.8, 4) is 5.88 Å². The van der Waals surface area contributed by atoms with Gasteiger partial charge in [-0.2, -0.15) is 0 Å². The lowest BCUT2D eigenvalue weighted by atomic mass is 9.84. The van der Waals surface area contributed by atoms with Crippen LogP contribution in [-0.2, 0) is 28.1 Å². The molecule has 0 saturated heterocycles. The number of anilines is 1. The molecule has 8 heteroatoms. The van der Waals surface area contributed by atoms with E-state index in [0.717, 1.165) is 10.4 Å². The van der Waals surface area contributed by atoms with E-state index in [1.165, 1.54) is 29.4 Å². The normalized spacial score (nSPS) is 20.1. The summed E-state index contributed by atoms with van der Waals surface area (Å²) in [4.78, 5) is 20.6. The number of nitrogens with zero attached hydrogens (tertiary/aromatic N) is 2. The fourth-order valence-corrected chi connectivity index (χ4v) is 5.18. The largest absolute Gasteiger partial charge is 0.481 e. The van der Waals surface area contributed by atoms with Crippen LogP contribution in [0.25, 0.3) is 0 Å². The highest BCUT2D eigenvalue weighted by Crippen LogP contribution is 2.52. The van der Waals surface area contributed by atoms with Gasteiger partial charge < -0.3 is 14.4 Å². The number of amides is 1. The Labute approximate surface area is 175 Å². The maximum Gasteiger partial charge on any atom is 0.270 e. The van der Waals surface area contributed by atoms with Gasteiger partial charge in [0.15, 0.2) is 0 Å². The minimum Gasteiger partial charge on any atom is -0.481 e. The van der Waals surface area contributed by atoms with E-state index in [1.54, 1.807) is 30.3 Å². The molecule has 0 N–H and O–H groups in total. The van der Waals surface area contributed by atoms with Gasteiger partial charge in [-0.25, -0.2) is 9.37 Å². The molecule has 1 unspecified atom stereocenters. The zero-order valence-electron chi connectivity index (χ0n) is 15.4. The molecule has 29 heavy (non-hydrogen) atoms. The Bertz CT molecular complexity index is 1130. The van der Waals surface area contributed by atoms with Gasteiger partial charge in [0.1, 0.15) is 5.82 Å². The summed E-state index contributed by atoms with van der Waals surface area (Å²) in [7, 11) is 1.51. The van der Waals surface area contributed by atoms with Crippen molar-refractivity contribution in [1.82, 2.24) is 4.98 Å². The van der Waals surface area contributed by atoms with Gasteiger partial charge >= 0.3 is 0 Å². The molecule has 1 aromatic carbocycles. The SMILES string of the molecule is COc1cccc(C23OCCc4ccc(F)c(c42)N(Cc2ccc(Cl)s2)C3=O)n1. The van der Waals surface area contributed by atoms with Gasteiger partial charge in [0.05, 0.1) is 36.0 Å². The average molecular weight is 431 g/mol. The third-order valence-electron chi connectivity index (χ3n) is 5.31. The highest BCUT2D eigenvalue weighted by Gasteiger charge is 2.58. The Balaban J connectivity index is 1.73. The number of ether oxygens (including phenoxy) is 2. The van der Waals surface area contributed by atoms with Crippen LogP contribution in [0.5, 0.6) is 5.88 Å². The number of carbonyl (C=O) groups is 1. The summed E-state index contributed by atoms with van der Waals surface area (Å²) in [6, 6.07) is 11.9. The minimum atomic E-state index is -1.49. The molecule has 5 rings (SSSR count). The van der Waals surface area contributed by atoms with Crippen LogP contribution in [-0.4, -0.2) is 24.6 Å². The number of halogens is 2. The van der Waals surface area contributed by atoms with Gasteiger partial charge in [0.25, 0.3) is 5.91 Å². The topological polar surface area (TPSA) is 51.7 Å². The number of benzene rings is 1. The maximum absolute atomic E-state index is 15.0. The second kappa shape index (κ2) is 6.79. The molecular weight excluding hydrogens is 415 g/mol. The Kier molecular flexibility index (Phi) is 4.34. The van der Waals surface area contributed by atoms with E-state index in [-0.39, 0.29) is 18.1 Å². The second-order valence-corrected chi connectivity index (χ2v) is 8.67. The van der Waals surface area contributed by atoms with Crippen molar-refractivity contribution in [3.63, 3.8) is 0 Å². The van der Waals surface area contributed by atoms with Crippen molar-refractivity contribution >= 4 is 34.5 Å². The summed E-state index contributed by atoms with van der Waals surface area (Å²) < 4.78 is 27.0. The van der Waals surface area contributed by atoms with Crippen LogP contribution in [0.15, 0.2) is 42.5 Å². The first-order chi connectivity index (χ1) is 14.0. The van der Waals surface area contributed by atoms with E-state index < -0.39 is 11.4 Å². The Morgan fingerprint density at radius 2 is 2.17 bits per heavy atom. The van der Waals surface area contributed by atoms with Gasteiger partial charge in [0, 0.05) is 16.5 Å². The number of hydrogen-bond donors (Lipinski definition) is 0. The monoisotopic (exact) mass is 430 g/mol. The molecule has 4 heterocycles.